The summed E-state index contributed by atoms with van der Waals surface area (Å²) in [5, 5.41) is 7.59. The second kappa shape index (κ2) is 9.94. The standard InChI is InChI=1S/C25H20ClN3O3/c26-21-8-4-19(5-9-21)25(31)20-6-12-23(13-7-20)32-17-24(30)27-16-18-2-10-22(11-3-18)29-15-1-14-28-29/h1-15H,16-17H2,(H,27,30). The number of ether oxygens (including phenoxy) is 1. The van der Waals surface area contributed by atoms with Gasteiger partial charge in [-0.05, 0) is 72.3 Å². The molecule has 0 atom stereocenters. The zero-order chi connectivity index (χ0) is 22.3. The van der Waals surface area contributed by atoms with E-state index < -0.39 is 0 Å². The topological polar surface area (TPSA) is 73.2 Å². The molecule has 0 saturated heterocycles. The van der Waals surface area contributed by atoms with E-state index in [0.29, 0.717) is 28.4 Å². The Balaban J connectivity index is 1.25. The summed E-state index contributed by atoms with van der Waals surface area (Å²) in [6.45, 7) is 0.284. The highest BCUT2D eigenvalue weighted by atomic mass is 35.5. The Morgan fingerprint density at radius 2 is 1.56 bits per heavy atom. The van der Waals surface area contributed by atoms with Gasteiger partial charge in [0.2, 0.25) is 0 Å². The lowest BCUT2D eigenvalue weighted by molar-refractivity contribution is -0.123. The Morgan fingerprint density at radius 1 is 0.906 bits per heavy atom. The van der Waals surface area contributed by atoms with Gasteiger partial charge in [0.1, 0.15) is 5.75 Å². The van der Waals surface area contributed by atoms with E-state index >= 15 is 0 Å². The number of nitrogens with one attached hydrogen (secondary N) is 1. The smallest absolute Gasteiger partial charge is 0.258 e. The van der Waals surface area contributed by atoms with Gasteiger partial charge in [0.15, 0.2) is 12.4 Å². The van der Waals surface area contributed by atoms with Crippen molar-refractivity contribution < 1.29 is 14.3 Å². The Bertz CT molecular complexity index is 1190. The summed E-state index contributed by atoms with van der Waals surface area (Å²) < 4.78 is 7.30. The van der Waals surface area contributed by atoms with Crippen LogP contribution in [-0.2, 0) is 11.3 Å². The van der Waals surface area contributed by atoms with Crippen molar-refractivity contribution >= 4 is 23.3 Å². The summed E-state index contributed by atoms with van der Waals surface area (Å²) in [7, 11) is 0. The van der Waals surface area contributed by atoms with Crippen molar-refractivity contribution in [3.8, 4) is 11.4 Å². The minimum atomic E-state index is -0.234. The van der Waals surface area contributed by atoms with Gasteiger partial charge in [-0.2, -0.15) is 5.10 Å². The predicted molar refractivity (Wildman–Crippen MR) is 122 cm³/mol. The van der Waals surface area contributed by atoms with Crippen LogP contribution >= 0.6 is 11.6 Å². The molecule has 4 rings (SSSR count). The zero-order valence-corrected chi connectivity index (χ0v) is 17.8. The lowest BCUT2D eigenvalue weighted by atomic mass is 10.0. The van der Waals surface area contributed by atoms with Gasteiger partial charge in [-0.25, -0.2) is 4.68 Å². The first-order valence-corrected chi connectivity index (χ1v) is 10.3. The van der Waals surface area contributed by atoms with Crippen LogP contribution in [0.2, 0.25) is 5.02 Å². The van der Waals surface area contributed by atoms with Crippen LogP contribution in [0.4, 0.5) is 0 Å². The third-order valence-electron chi connectivity index (χ3n) is 4.79. The molecule has 1 N–H and O–H groups in total. The Morgan fingerprint density at radius 3 is 2.19 bits per heavy atom. The van der Waals surface area contributed by atoms with Crippen molar-refractivity contribution in [1.82, 2.24) is 15.1 Å². The van der Waals surface area contributed by atoms with Crippen LogP contribution in [0.3, 0.4) is 0 Å². The van der Waals surface area contributed by atoms with Gasteiger partial charge in [-0.1, -0.05) is 23.7 Å². The Labute approximate surface area is 190 Å². The predicted octanol–water partition coefficient (Wildman–Crippen LogP) is 4.45. The van der Waals surface area contributed by atoms with Crippen molar-refractivity contribution in [1.29, 1.82) is 0 Å². The fraction of sp³-hybridized carbons (Fsp3) is 0.0800. The highest BCUT2D eigenvalue weighted by molar-refractivity contribution is 6.30. The quantitative estimate of drug-likeness (QED) is 0.406. The third-order valence-corrected chi connectivity index (χ3v) is 5.04. The molecule has 7 heteroatoms. The van der Waals surface area contributed by atoms with Crippen LogP contribution in [-0.4, -0.2) is 28.1 Å². The molecule has 0 saturated carbocycles. The monoisotopic (exact) mass is 445 g/mol. The molecule has 0 radical (unpaired) electrons. The molecule has 0 aliphatic heterocycles. The van der Waals surface area contributed by atoms with Crippen molar-refractivity contribution in [3.63, 3.8) is 0 Å². The van der Waals surface area contributed by atoms with Crippen molar-refractivity contribution in [2.75, 3.05) is 6.61 Å². The number of amides is 1. The number of carbonyl (C=O) groups is 2. The van der Waals surface area contributed by atoms with Gasteiger partial charge in [-0.3, -0.25) is 9.59 Å². The molecule has 0 fully saturated rings. The van der Waals surface area contributed by atoms with Crippen LogP contribution < -0.4 is 10.1 Å². The van der Waals surface area contributed by atoms with E-state index in [2.05, 4.69) is 10.4 Å². The molecule has 32 heavy (non-hydrogen) atoms. The second-order valence-corrected chi connectivity index (χ2v) is 7.48. The van der Waals surface area contributed by atoms with Gasteiger partial charge >= 0.3 is 0 Å². The molecule has 4 aromatic rings. The average molecular weight is 446 g/mol. The number of nitrogens with zero attached hydrogens (tertiary/aromatic N) is 2. The van der Waals surface area contributed by atoms with Crippen LogP contribution in [0, 0.1) is 0 Å². The number of rotatable bonds is 8. The maximum Gasteiger partial charge on any atom is 0.258 e. The normalized spacial score (nSPS) is 10.5. The van der Waals surface area contributed by atoms with Crippen LogP contribution in [0.15, 0.2) is 91.3 Å². The van der Waals surface area contributed by atoms with E-state index in [4.69, 9.17) is 16.3 Å². The highest BCUT2D eigenvalue weighted by Crippen LogP contribution is 2.17. The molecule has 0 unspecified atom stereocenters. The summed E-state index contributed by atoms with van der Waals surface area (Å²) in [6, 6.07) is 23.0. The molecule has 1 aromatic heterocycles. The maximum absolute atomic E-state index is 12.5. The van der Waals surface area contributed by atoms with E-state index in [9.17, 15) is 9.59 Å². The minimum Gasteiger partial charge on any atom is -0.484 e. The number of hydrogen-bond donors (Lipinski definition) is 1. The molecule has 3 aromatic carbocycles. The summed E-state index contributed by atoms with van der Waals surface area (Å²) in [6.07, 6.45) is 3.59. The van der Waals surface area contributed by atoms with Crippen LogP contribution in [0.1, 0.15) is 21.5 Å². The first kappa shape index (κ1) is 21.3. The maximum atomic E-state index is 12.5. The van der Waals surface area contributed by atoms with Crippen molar-refractivity contribution in [2.24, 2.45) is 0 Å². The van der Waals surface area contributed by atoms with Gasteiger partial charge < -0.3 is 10.1 Å². The largest absolute Gasteiger partial charge is 0.484 e. The molecular formula is C25H20ClN3O3. The van der Waals surface area contributed by atoms with Gasteiger partial charge in [0.05, 0.1) is 5.69 Å². The van der Waals surface area contributed by atoms with Crippen LogP contribution in [0.5, 0.6) is 5.75 Å². The summed E-state index contributed by atoms with van der Waals surface area (Å²) in [5.74, 6) is 0.170. The fourth-order valence-electron chi connectivity index (χ4n) is 3.06. The number of benzene rings is 3. The lowest BCUT2D eigenvalue weighted by Crippen LogP contribution is -2.28. The third kappa shape index (κ3) is 5.42. The number of hydrogen-bond acceptors (Lipinski definition) is 4. The van der Waals surface area contributed by atoms with E-state index in [-0.39, 0.29) is 18.3 Å². The molecule has 6 nitrogen and oxygen atoms in total. The average Bonchev–Trinajstić information content (AvgIpc) is 3.37. The Hall–Kier alpha value is -3.90. The molecular weight excluding hydrogens is 426 g/mol. The number of halogens is 1. The van der Waals surface area contributed by atoms with Crippen LogP contribution in [0.25, 0.3) is 5.69 Å². The van der Waals surface area contributed by atoms with E-state index in [1.54, 1.807) is 59.4 Å². The van der Waals surface area contributed by atoms with Crippen molar-refractivity contribution in [2.45, 2.75) is 6.54 Å². The molecule has 0 aliphatic carbocycles. The fourth-order valence-corrected chi connectivity index (χ4v) is 3.19. The second-order valence-electron chi connectivity index (χ2n) is 7.04. The summed E-state index contributed by atoms with van der Waals surface area (Å²) in [5.41, 5.74) is 3.01. The van der Waals surface area contributed by atoms with E-state index in [0.717, 1.165) is 11.3 Å². The minimum absolute atomic E-state index is 0.107. The SMILES string of the molecule is O=C(COc1ccc(C(=O)c2ccc(Cl)cc2)cc1)NCc1ccc(-n2cccn2)cc1. The zero-order valence-electron chi connectivity index (χ0n) is 17.1. The van der Waals surface area contributed by atoms with E-state index in [1.807, 2.05) is 36.5 Å². The van der Waals surface area contributed by atoms with Gasteiger partial charge in [0, 0.05) is 35.1 Å². The summed E-state index contributed by atoms with van der Waals surface area (Å²) in [4.78, 5) is 24.6. The molecule has 1 amide bonds. The van der Waals surface area contributed by atoms with Gasteiger partial charge in [0.25, 0.3) is 5.91 Å². The Kier molecular flexibility index (Phi) is 6.63. The number of aromatic nitrogens is 2. The number of carbonyl (C=O) groups excluding carboxylic acids is 2. The molecule has 0 spiro atoms. The highest BCUT2D eigenvalue weighted by Gasteiger charge is 2.10. The molecule has 0 bridgehead atoms. The van der Waals surface area contributed by atoms with Crippen molar-refractivity contribution in [3.05, 3.63) is 113 Å². The first-order chi connectivity index (χ1) is 15.6. The molecule has 160 valence electrons. The molecule has 0 aliphatic rings. The molecule has 1 heterocycles. The number of ketones is 1. The summed E-state index contributed by atoms with van der Waals surface area (Å²) >= 11 is 5.86. The lowest BCUT2D eigenvalue weighted by Gasteiger charge is -2.09. The first-order valence-electron chi connectivity index (χ1n) is 9.97. The van der Waals surface area contributed by atoms with E-state index in [1.165, 1.54) is 0 Å². The van der Waals surface area contributed by atoms with Gasteiger partial charge in [-0.15, -0.1) is 0 Å².